The Morgan fingerprint density at radius 2 is 1.21 bits per heavy atom. The summed E-state index contributed by atoms with van der Waals surface area (Å²) in [5.41, 5.74) is 9.89. The highest BCUT2D eigenvalue weighted by Crippen LogP contribution is 2.62. The summed E-state index contributed by atoms with van der Waals surface area (Å²) in [5, 5.41) is 65.8. The predicted molar refractivity (Wildman–Crippen MR) is 229 cm³/mol. The van der Waals surface area contributed by atoms with Gasteiger partial charge in [-0.2, -0.15) is 0 Å². The van der Waals surface area contributed by atoms with Crippen molar-refractivity contribution in [1.29, 1.82) is 0 Å². The molecule has 18 nitrogen and oxygen atoms in total. The number of allylic oxidation sites excluding steroid dienone is 3. The van der Waals surface area contributed by atoms with Crippen LogP contribution in [0.5, 0.6) is 0 Å². The second-order valence-electron chi connectivity index (χ2n) is 20.5. The van der Waals surface area contributed by atoms with Gasteiger partial charge in [0.1, 0.15) is 0 Å². The third-order valence-electron chi connectivity index (χ3n) is 16.4. The van der Waals surface area contributed by atoms with Crippen LogP contribution in [0.3, 0.4) is 0 Å². The number of aliphatic carboxylic acids is 5. The van der Waals surface area contributed by atoms with Crippen LogP contribution in [0.25, 0.3) is 0 Å². The maximum atomic E-state index is 13.3. The average molecular weight is 885 g/mol. The van der Waals surface area contributed by atoms with Crippen LogP contribution in [-0.2, 0) is 33.6 Å². The number of carboxylic acid groups (broad SMARTS) is 5. The van der Waals surface area contributed by atoms with Crippen molar-refractivity contribution in [3.63, 3.8) is 0 Å². The average Bonchev–Trinajstić information content (AvgIpc) is 3.75. The number of nitrogens with two attached hydrogens (primary N) is 2. The van der Waals surface area contributed by atoms with Gasteiger partial charge in [-0.05, 0) is 75.0 Å². The molecule has 13 N–H and O–H groups in total. The minimum atomic E-state index is -1.30. The molecule has 5 aliphatic heterocycles. The van der Waals surface area contributed by atoms with Crippen molar-refractivity contribution in [1.82, 2.24) is 21.3 Å². The van der Waals surface area contributed by atoms with Crippen LogP contribution in [0, 0.1) is 45.3 Å². The minimum Gasteiger partial charge on any atom is -0.481 e. The van der Waals surface area contributed by atoms with Gasteiger partial charge in [0.2, 0.25) is 11.8 Å². The van der Waals surface area contributed by atoms with Crippen molar-refractivity contribution >= 4 is 41.7 Å². The van der Waals surface area contributed by atoms with Crippen LogP contribution >= 0.6 is 0 Å². The second-order valence-corrected chi connectivity index (χ2v) is 20.5. The van der Waals surface area contributed by atoms with E-state index in [0.717, 1.165) is 5.57 Å². The van der Waals surface area contributed by atoms with E-state index < -0.39 is 117 Å². The van der Waals surface area contributed by atoms with Crippen molar-refractivity contribution in [2.24, 2.45) is 56.8 Å². The largest absolute Gasteiger partial charge is 0.481 e. The molecule has 4 fully saturated rings. The fraction of sp³-hybridized carbons (Fsp3) is 0.711. The summed E-state index contributed by atoms with van der Waals surface area (Å²) in [6.07, 6.45) is 0.541. The lowest BCUT2D eigenvalue weighted by Crippen LogP contribution is -2.63. The molecule has 0 aliphatic carbocycles. The van der Waals surface area contributed by atoms with Gasteiger partial charge in [0.25, 0.3) is 0 Å². The smallest absolute Gasteiger partial charge is 0.303 e. The molecule has 0 aromatic rings. The molecule has 5 heterocycles. The lowest BCUT2D eigenvalue weighted by atomic mass is 9.57. The number of carbonyl (C=O) groups is 7. The quantitative estimate of drug-likeness (QED) is 0.0941. The van der Waals surface area contributed by atoms with Gasteiger partial charge in [-0.15, -0.1) is 0 Å². The van der Waals surface area contributed by atoms with E-state index in [-0.39, 0.29) is 70.1 Å². The number of carboxylic acids is 5. The number of rotatable bonds is 18. The molecule has 5 rings (SSSR count). The fourth-order valence-electron chi connectivity index (χ4n) is 13.0. The Bertz CT molecular complexity index is 2030. The molecule has 12 atom stereocenters. The summed E-state index contributed by atoms with van der Waals surface area (Å²) >= 11 is 0. The molecule has 0 aromatic carbocycles. The first-order valence-electron chi connectivity index (χ1n) is 21.9. The SMILES string of the molecule is C/C1=C2/N[C@H]([C@H](CC(=O)O)[C@@]2(C)CCC(=O)O)[C@]2(C)N/C(=C(/C)C3N/C(=C\C4NC1[C@@H](CCC(=O)O)C4(C)C)[C@@H](CCC(=O)O)[C@]3(C)CC(N)=O)[C@@H](CCC(=O)O)[C@]2(C)CC(N)=O. The Morgan fingerprint density at radius 3 is 1.73 bits per heavy atom. The number of hydrogen-bond acceptors (Lipinski definition) is 11. The van der Waals surface area contributed by atoms with Crippen LogP contribution in [0.2, 0.25) is 0 Å². The van der Waals surface area contributed by atoms with E-state index in [2.05, 4.69) is 21.3 Å². The predicted octanol–water partition coefficient (Wildman–Crippen LogP) is 3.27. The molecule has 3 unspecified atom stereocenters. The highest BCUT2D eigenvalue weighted by molar-refractivity contribution is 5.76. The third kappa shape index (κ3) is 8.75. The van der Waals surface area contributed by atoms with Gasteiger partial charge in [-0.25, -0.2) is 0 Å². The monoisotopic (exact) mass is 884 g/mol. The second kappa shape index (κ2) is 17.4. The van der Waals surface area contributed by atoms with Gasteiger partial charge < -0.3 is 58.3 Å². The van der Waals surface area contributed by atoms with Crippen molar-refractivity contribution in [3.05, 3.63) is 34.3 Å². The van der Waals surface area contributed by atoms with Gasteiger partial charge in [0.15, 0.2) is 0 Å². The maximum absolute atomic E-state index is 13.3. The molecule has 5 aliphatic rings. The normalized spacial score (nSPS) is 39.7. The number of carbonyl (C=O) groups excluding carboxylic acids is 2. The van der Waals surface area contributed by atoms with Crippen LogP contribution in [0.4, 0.5) is 0 Å². The molecule has 4 saturated heterocycles. The van der Waals surface area contributed by atoms with Crippen LogP contribution in [0.1, 0.15) is 126 Å². The summed E-state index contributed by atoms with van der Waals surface area (Å²) < 4.78 is 0. The van der Waals surface area contributed by atoms with Gasteiger partial charge in [-0.3, -0.25) is 33.6 Å². The molecule has 2 amide bonds. The Balaban J connectivity index is 1.97. The van der Waals surface area contributed by atoms with Crippen molar-refractivity contribution in [2.45, 2.75) is 156 Å². The van der Waals surface area contributed by atoms with E-state index in [1.807, 2.05) is 61.5 Å². The molecule has 18 heteroatoms. The number of amides is 2. The highest BCUT2D eigenvalue weighted by Gasteiger charge is 2.67. The van der Waals surface area contributed by atoms with Crippen LogP contribution in [-0.4, -0.2) is 96.9 Å². The fourth-order valence-corrected chi connectivity index (χ4v) is 13.0. The highest BCUT2D eigenvalue weighted by atomic mass is 16.4. The van der Waals surface area contributed by atoms with Crippen molar-refractivity contribution in [2.75, 3.05) is 0 Å². The third-order valence-corrected chi connectivity index (χ3v) is 16.4. The van der Waals surface area contributed by atoms with E-state index in [1.54, 1.807) is 0 Å². The van der Waals surface area contributed by atoms with E-state index in [9.17, 15) is 59.1 Å². The van der Waals surface area contributed by atoms with Crippen LogP contribution < -0.4 is 32.7 Å². The van der Waals surface area contributed by atoms with E-state index in [0.29, 0.717) is 22.7 Å². The molecular weight excluding hydrogens is 817 g/mol. The van der Waals surface area contributed by atoms with E-state index in [4.69, 9.17) is 11.5 Å². The van der Waals surface area contributed by atoms with Gasteiger partial charge in [-0.1, -0.05) is 34.6 Å². The first kappa shape index (κ1) is 48.9. The molecule has 0 radical (unpaired) electrons. The zero-order valence-electron chi connectivity index (χ0n) is 37.7. The van der Waals surface area contributed by atoms with Gasteiger partial charge in [0, 0.05) is 102 Å². The molecule has 0 spiro atoms. The molecule has 350 valence electrons. The van der Waals surface area contributed by atoms with E-state index in [1.165, 1.54) is 0 Å². The van der Waals surface area contributed by atoms with Gasteiger partial charge >= 0.3 is 29.8 Å². The Kier molecular flexibility index (Phi) is 13.5. The summed E-state index contributed by atoms with van der Waals surface area (Å²) in [7, 11) is 0. The summed E-state index contributed by atoms with van der Waals surface area (Å²) in [6.45, 7) is 15.2. The Hall–Kier alpha value is -5.13. The zero-order chi connectivity index (χ0) is 47.4. The lowest BCUT2D eigenvalue weighted by molar-refractivity contribution is -0.141. The molecule has 0 aromatic heterocycles. The summed E-state index contributed by atoms with van der Waals surface area (Å²) in [4.78, 5) is 88.6. The summed E-state index contributed by atoms with van der Waals surface area (Å²) in [6, 6.07) is -2.56. The number of hydrogen-bond donors (Lipinski definition) is 11. The van der Waals surface area contributed by atoms with Crippen molar-refractivity contribution in [3.8, 4) is 0 Å². The molecule has 63 heavy (non-hydrogen) atoms. The topological polar surface area (TPSA) is 321 Å². The molecule has 8 bridgehead atoms. The Morgan fingerprint density at radius 1 is 0.667 bits per heavy atom. The first-order valence-corrected chi connectivity index (χ1v) is 21.9. The van der Waals surface area contributed by atoms with Crippen LogP contribution in [0.15, 0.2) is 34.3 Å². The molecular formula is C45H68N6O12. The zero-order valence-corrected chi connectivity index (χ0v) is 37.7. The first-order chi connectivity index (χ1) is 29.0. The van der Waals surface area contributed by atoms with Gasteiger partial charge in [0.05, 0.1) is 24.0 Å². The number of nitrogens with one attached hydrogen (secondary N) is 4. The Labute approximate surface area is 368 Å². The van der Waals surface area contributed by atoms with Crippen molar-refractivity contribution < 1.29 is 59.1 Å². The standard InChI is InChI=1S/C45H68N6O12/c1-21-36-24(10-13-32(56)57)41(3,4)28(49-36)18-27-23(9-12-31(54)55)43(6,19-29(46)52)39(48-27)22(2)37-25(11-14-33(58)59)44(7,20-30(47)53)45(8,51-37)40-26(17-35(62)63)42(5,38(21)50-40)16-15-34(60)61/h18,23-26,28,36,39-40,48-51H,9-17,19-20H2,1-8H3,(H2,46,52)(H2,47,53)(H,54,55)(H,56,57)(H,58,59)(H,60,61)(H,62,63)/b27-18-,37-22-,38-21-/t23-,24-,25-,26+,28?,36?,39?,40-,42-,43+,44+,45+/m1/s1. The lowest BCUT2D eigenvalue weighted by Gasteiger charge is -2.49. The maximum Gasteiger partial charge on any atom is 0.303 e. The van der Waals surface area contributed by atoms with E-state index >= 15 is 0 Å². The molecule has 0 saturated carbocycles. The minimum absolute atomic E-state index is 0.0232. The number of fused-ring (bicyclic) bond motifs is 9. The number of primary amides is 2. The summed E-state index contributed by atoms with van der Waals surface area (Å²) in [5.74, 6) is -9.12.